The normalized spacial score (nSPS) is 10.7. The highest BCUT2D eigenvalue weighted by molar-refractivity contribution is 5.75. The number of aromatic hydroxyl groups is 2. The first-order valence-corrected chi connectivity index (χ1v) is 9.36. The van der Waals surface area contributed by atoms with E-state index >= 15 is 0 Å². The van der Waals surface area contributed by atoms with E-state index < -0.39 is 0 Å². The standard InChI is InChI=1S/C20H28N4O5/c25-10-6-22-17-13-20(29)18(14-19(17)28)23-16-3-1-15(2-4-16)21-5-7-24(8-11-26)9-12-27/h1-4,10,13-14,21-23,26-29H,5-9,11-12H2. The lowest BCUT2D eigenvalue weighted by atomic mass is 10.2. The Balaban J connectivity index is 1.92. The van der Waals surface area contributed by atoms with Crippen molar-refractivity contribution in [2.75, 3.05) is 61.9 Å². The summed E-state index contributed by atoms with van der Waals surface area (Å²) in [6.07, 6.45) is 0.662. The average Bonchev–Trinajstić information content (AvgIpc) is 2.71. The zero-order chi connectivity index (χ0) is 21.1. The van der Waals surface area contributed by atoms with Gasteiger partial charge < -0.3 is 41.2 Å². The molecule has 29 heavy (non-hydrogen) atoms. The van der Waals surface area contributed by atoms with Crippen LogP contribution in [0, 0.1) is 0 Å². The minimum Gasteiger partial charge on any atom is -0.506 e. The van der Waals surface area contributed by atoms with Crippen LogP contribution in [0.2, 0.25) is 0 Å². The van der Waals surface area contributed by atoms with Gasteiger partial charge in [0.15, 0.2) is 0 Å². The molecule has 2 aromatic rings. The highest BCUT2D eigenvalue weighted by Gasteiger charge is 2.09. The van der Waals surface area contributed by atoms with Gasteiger partial charge in [0.1, 0.15) is 17.8 Å². The van der Waals surface area contributed by atoms with Crippen LogP contribution < -0.4 is 16.0 Å². The number of hydrogen-bond donors (Lipinski definition) is 7. The highest BCUT2D eigenvalue weighted by Crippen LogP contribution is 2.36. The summed E-state index contributed by atoms with van der Waals surface area (Å²) in [4.78, 5) is 12.4. The average molecular weight is 404 g/mol. The van der Waals surface area contributed by atoms with Gasteiger partial charge in [0.25, 0.3) is 0 Å². The Labute approximate surface area is 169 Å². The van der Waals surface area contributed by atoms with E-state index in [1.807, 2.05) is 29.2 Å². The summed E-state index contributed by atoms with van der Waals surface area (Å²) in [7, 11) is 0. The molecule has 2 aromatic carbocycles. The van der Waals surface area contributed by atoms with Gasteiger partial charge in [0.05, 0.1) is 31.1 Å². The fraction of sp³-hybridized carbons (Fsp3) is 0.350. The largest absolute Gasteiger partial charge is 0.506 e. The summed E-state index contributed by atoms with van der Waals surface area (Å²) in [6, 6.07) is 10.1. The maximum Gasteiger partial charge on any atom is 0.141 e. The molecule has 0 aliphatic rings. The van der Waals surface area contributed by atoms with Gasteiger partial charge in [-0.1, -0.05) is 0 Å². The molecule has 0 unspecified atom stereocenters. The van der Waals surface area contributed by atoms with Crippen molar-refractivity contribution >= 4 is 29.0 Å². The Hall–Kier alpha value is -3.01. The number of carbonyl (C=O) groups excluding carboxylic acids is 1. The van der Waals surface area contributed by atoms with Crippen LogP contribution in [0.25, 0.3) is 0 Å². The summed E-state index contributed by atoms with van der Waals surface area (Å²) in [6.45, 7) is 2.53. The van der Waals surface area contributed by atoms with Crippen LogP contribution in [0.5, 0.6) is 11.5 Å². The van der Waals surface area contributed by atoms with Crippen LogP contribution in [0.1, 0.15) is 0 Å². The summed E-state index contributed by atoms with van der Waals surface area (Å²) >= 11 is 0. The Morgan fingerprint density at radius 1 is 0.828 bits per heavy atom. The number of rotatable bonds is 13. The van der Waals surface area contributed by atoms with E-state index in [9.17, 15) is 15.0 Å². The molecule has 0 atom stereocenters. The van der Waals surface area contributed by atoms with E-state index in [2.05, 4.69) is 16.0 Å². The monoisotopic (exact) mass is 404 g/mol. The summed E-state index contributed by atoms with van der Waals surface area (Å²) in [5, 5.41) is 47.2. The second-order valence-electron chi connectivity index (χ2n) is 6.35. The van der Waals surface area contributed by atoms with E-state index in [0.29, 0.717) is 38.2 Å². The number of aliphatic hydroxyl groups is 2. The fourth-order valence-corrected chi connectivity index (χ4v) is 2.77. The maximum atomic E-state index is 10.4. The van der Waals surface area contributed by atoms with E-state index in [-0.39, 0.29) is 36.9 Å². The van der Waals surface area contributed by atoms with E-state index in [0.717, 1.165) is 11.4 Å². The molecular weight excluding hydrogens is 376 g/mol. The van der Waals surface area contributed by atoms with E-state index in [1.54, 1.807) is 0 Å². The molecule has 0 radical (unpaired) electrons. The quantitative estimate of drug-likeness (QED) is 0.149. The number of aldehydes is 1. The van der Waals surface area contributed by atoms with Crippen molar-refractivity contribution < 1.29 is 25.2 Å². The van der Waals surface area contributed by atoms with Crippen molar-refractivity contribution in [3.05, 3.63) is 36.4 Å². The van der Waals surface area contributed by atoms with Crippen LogP contribution in [0.15, 0.2) is 36.4 Å². The number of benzene rings is 2. The molecule has 2 rings (SSSR count). The van der Waals surface area contributed by atoms with Crippen LogP contribution in [0.4, 0.5) is 22.7 Å². The van der Waals surface area contributed by atoms with Crippen molar-refractivity contribution in [1.29, 1.82) is 0 Å². The molecule has 0 amide bonds. The van der Waals surface area contributed by atoms with Crippen LogP contribution in [-0.2, 0) is 4.79 Å². The highest BCUT2D eigenvalue weighted by atomic mass is 16.3. The van der Waals surface area contributed by atoms with E-state index in [4.69, 9.17) is 10.2 Å². The third-order valence-electron chi connectivity index (χ3n) is 4.24. The SMILES string of the molecule is O=CCNc1cc(O)c(Nc2ccc(NCCN(CCO)CCO)cc2)cc1O. The Morgan fingerprint density at radius 3 is 2.03 bits per heavy atom. The third kappa shape index (κ3) is 7.15. The Morgan fingerprint density at radius 2 is 1.41 bits per heavy atom. The molecule has 0 saturated heterocycles. The molecule has 0 fully saturated rings. The lowest BCUT2D eigenvalue weighted by Gasteiger charge is -2.20. The summed E-state index contributed by atoms with van der Waals surface area (Å²) < 4.78 is 0. The lowest BCUT2D eigenvalue weighted by Crippen LogP contribution is -2.34. The van der Waals surface area contributed by atoms with Gasteiger partial charge in [-0.2, -0.15) is 0 Å². The number of carbonyl (C=O) groups is 1. The first kappa shape index (κ1) is 22.3. The minimum absolute atomic E-state index is 0.0337. The van der Waals surface area contributed by atoms with Gasteiger partial charge in [-0.25, -0.2) is 0 Å². The zero-order valence-electron chi connectivity index (χ0n) is 16.1. The predicted octanol–water partition coefficient (Wildman–Crippen LogP) is 1.15. The summed E-state index contributed by atoms with van der Waals surface area (Å²) in [5.74, 6) is -0.146. The summed E-state index contributed by atoms with van der Waals surface area (Å²) in [5.41, 5.74) is 2.24. The number of phenols is 2. The topological polar surface area (TPSA) is 137 Å². The number of nitrogens with one attached hydrogen (secondary N) is 3. The smallest absolute Gasteiger partial charge is 0.141 e. The van der Waals surface area contributed by atoms with Gasteiger partial charge in [-0.05, 0) is 24.3 Å². The molecule has 0 aliphatic heterocycles. The van der Waals surface area contributed by atoms with Gasteiger partial charge in [-0.15, -0.1) is 0 Å². The molecule has 0 aromatic heterocycles. The van der Waals surface area contributed by atoms with E-state index in [1.165, 1.54) is 12.1 Å². The molecule has 0 bridgehead atoms. The molecule has 0 aliphatic carbocycles. The van der Waals surface area contributed by atoms with Crippen LogP contribution >= 0.6 is 0 Å². The number of nitrogens with zero attached hydrogens (tertiary/aromatic N) is 1. The van der Waals surface area contributed by atoms with Gasteiger partial charge >= 0.3 is 0 Å². The fourth-order valence-electron chi connectivity index (χ4n) is 2.77. The van der Waals surface area contributed by atoms with Gasteiger partial charge in [0, 0.05) is 49.7 Å². The minimum atomic E-state index is -0.0826. The lowest BCUT2D eigenvalue weighted by molar-refractivity contribution is -0.106. The number of anilines is 4. The second kappa shape index (κ2) is 11.7. The first-order chi connectivity index (χ1) is 14.1. The predicted molar refractivity (Wildman–Crippen MR) is 113 cm³/mol. The van der Waals surface area contributed by atoms with Crippen molar-refractivity contribution in [3.8, 4) is 11.5 Å². The first-order valence-electron chi connectivity index (χ1n) is 9.36. The molecule has 7 N–H and O–H groups in total. The van der Waals surface area contributed by atoms with Crippen LogP contribution in [0.3, 0.4) is 0 Å². The molecular formula is C20H28N4O5. The van der Waals surface area contributed by atoms with Gasteiger partial charge in [-0.3, -0.25) is 4.90 Å². The Kier molecular flexibility index (Phi) is 9.03. The zero-order valence-corrected chi connectivity index (χ0v) is 16.1. The van der Waals surface area contributed by atoms with Crippen molar-refractivity contribution in [1.82, 2.24) is 4.90 Å². The molecule has 0 spiro atoms. The van der Waals surface area contributed by atoms with Crippen LogP contribution in [-0.4, -0.2) is 77.5 Å². The molecule has 9 nitrogen and oxygen atoms in total. The molecule has 0 saturated carbocycles. The third-order valence-corrected chi connectivity index (χ3v) is 4.24. The number of phenolic OH excluding ortho intramolecular Hbond substituents is 2. The molecule has 9 heteroatoms. The van der Waals surface area contributed by atoms with Crippen molar-refractivity contribution in [3.63, 3.8) is 0 Å². The molecule has 0 heterocycles. The van der Waals surface area contributed by atoms with Crippen molar-refractivity contribution in [2.45, 2.75) is 0 Å². The Bertz CT molecular complexity index is 764. The van der Waals surface area contributed by atoms with Crippen molar-refractivity contribution in [2.24, 2.45) is 0 Å². The van der Waals surface area contributed by atoms with Gasteiger partial charge in [0.2, 0.25) is 0 Å². The maximum absolute atomic E-state index is 10.4. The number of hydrogen-bond acceptors (Lipinski definition) is 9. The molecule has 158 valence electrons. The number of aliphatic hydroxyl groups excluding tert-OH is 2. The second-order valence-corrected chi connectivity index (χ2v) is 6.35.